The molecule has 0 aromatic heterocycles. The van der Waals surface area contributed by atoms with Gasteiger partial charge in [-0.25, -0.2) is 0 Å². The van der Waals surface area contributed by atoms with Crippen molar-refractivity contribution in [1.29, 1.82) is 0 Å². The number of benzene rings is 4. The third kappa shape index (κ3) is 6.53. The summed E-state index contributed by atoms with van der Waals surface area (Å²) in [6.45, 7) is 16.9. The van der Waals surface area contributed by atoms with Gasteiger partial charge in [0, 0.05) is 0 Å². The van der Waals surface area contributed by atoms with Gasteiger partial charge in [-0.3, -0.25) is 0 Å². The van der Waals surface area contributed by atoms with Gasteiger partial charge in [-0.1, -0.05) is 0 Å². The van der Waals surface area contributed by atoms with E-state index >= 15 is 0 Å². The van der Waals surface area contributed by atoms with E-state index in [0.29, 0.717) is 5.75 Å². The molecule has 4 nitrogen and oxygen atoms in total. The SMILES string of the molecule is CC(C)[O][Ti]([OH])([OH])[O]c1ccc(C(C)(C)c2ccccc2)c(C(C)(C)c2ccccc2)c1C(C)(C)c1ccccc1. The van der Waals surface area contributed by atoms with Crippen molar-refractivity contribution in [3.05, 3.63) is 137 Å². The Hall–Kier alpha value is -2.73. The fraction of sp³-hybridized carbons (Fsp3) is 0.333. The van der Waals surface area contributed by atoms with E-state index in [1.165, 1.54) is 5.56 Å². The molecule has 4 aromatic rings. The van der Waals surface area contributed by atoms with Crippen molar-refractivity contribution in [3.8, 4) is 5.75 Å². The number of hydrogen-bond donors (Lipinski definition) is 2. The Bertz CT molecular complexity index is 1440. The predicted molar refractivity (Wildman–Crippen MR) is 163 cm³/mol. The summed E-state index contributed by atoms with van der Waals surface area (Å²) in [6.07, 6.45) is -0.382. The minimum atomic E-state index is -5.10. The van der Waals surface area contributed by atoms with Gasteiger partial charge in [0.1, 0.15) is 0 Å². The van der Waals surface area contributed by atoms with Crippen molar-refractivity contribution in [2.75, 3.05) is 0 Å². The van der Waals surface area contributed by atoms with Crippen molar-refractivity contribution < 1.29 is 32.2 Å². The Morgan fingerprint density at radius 1 is 0.537 bits per heavy atom. The summed E-state index contributed by atoms with van der Waals surface area (Å²) in [5, 5.41) is 0. The summed E-state index contributed by atoms with van der Waals surface area (Å²) >= 11 is -5.10. The van der Waals surface area contributed by atoms with Crippen LogP contribution in [0.25, 0.3) is 0 Å². The molecule has 0 aliphatic rings. The van der Waals surface area contributed by atoms with Gasteiger partial charge in [-0.05, 0) is 0 Å². The van der Waals surface area contributed by atoms with Gasteiger partial charge >= 0.3 is 252 Å². The van der Waals surface area contributed by atoms with E-state index in [-0.39, 0.29) is 11.5 Å². The van der Waals surface area contributed by atoms with Crippen LogP contribution >= 0.6 is 0 Å². The second kappa shape index (κ2) is 11.9. The quantitative estimate of drug-likeness (QED) is 0.183. The standard InChI is InChI=1S/C33H36O.C3H7O.2H2O.Ti/c1-31(2,24-16-10-7-11-17-24)27-22-23-28(34)30(33(5,6)26-20-14-9-15-21-26)29(27)32(3,4)25-18-12-8-13-19-25;1-3(2)4;;;/h7-23,34H,1-6H3;3H,1-2H3;2*1H2;/q;-1;;;+4/p-3. The van der Waals surface area contributed by atoms with Crippen LogP contribution in [0.15, 0.2) is 103 Å². The van der Waals surface area contributed by atoms with E-state index in [0.717, 1.165) is 27.8 Å². The molecule has 0 spiro atoms. The summed E-state index contributed by atoms with van der Waals surface area (Å²) in [4.78, 5) is 0. The number of hydrogen-bond acceptors (Lipinski definition) is 4. The average Bonchev–Trinajstić information content (AvgIpc) is 2.93. The molecule has 0 atom stereocenters. The van der Waals surface area contributed by atoms with Gasteiger partial charge in [0.05, 0.1) is 0 Å². The van der Waals surface area contributed by atoms with Crippen LogP contribution in [0.1, 0.15) is 88.8 Å². The third-order valence-electron chi connectivity index (χ3n) is 8.21. The molecule has 0 aliphatic heterocycles. The van der Waals surface area contributed by atoms with Crippen LogP contribution in [0.2, 0.25) is 0 Å². The van der Waals surface area contributed by atoms with E-state index in [9.17, 15) is 7.38 Å². The Morgan fingerprint density at radius 2 is 0.927 bits per heavy atom. The van der Waals surface area contributed by atoms with Gasteiger partial charge in [0.25, 0.3) is 0 Å². The molecule has 4 aromatic carbocycles. The van der Waals surface area contributed by atoms with Crippen LogP contribution in [-0.4, -0.2) is 13.5 Å². The average molecular weight is 589 g/mol. The molecular formula is C36H44O4Ti. The molecule has 0 amide bonds. The summed E-state index contributed by atoms with van der Waals surface area (Å²) in [7, 11) is 0. The fourth-order valence-electron chi connectivity index (χ4n) is 5.94. The number of rotatable bonds is 10. The van der Waals surface area contributed by atoms with E-state index in [1.54, 1.807) is 13.8 Å². The molecule has 0 saturated carbocycles. The summed E-state index contributed by atoms with van der Waals surface area (Å²) in [6, 6.07) is 35.4. The zero-order chi connectivity index (χ0) is 30.1. The molecule has 216 valence electrons. The first-order valence-electron chi connectivity index (χ1n) is 14.3. The summed E-state index contributed by atoms with van der Waals surface area (Å²) in [5.74, 6) is 0.441. The molecule has 0 radical (unpaired) electrons. The molecule has 5 heteroatoms. The zero-order valence-corrected chi connectivity index (χ0v) is 27.2. The molecule has 0 bridgehead atoms. The normalized spacial score (nSPS) is 13.0. The molecule has 0 heterocycles. The topological polar surface area (TPSA) is 58.9 Å². The first-order valence-corrected chi connectivity index (χ1v) is 17.0. The van der Waals surface area contributed by atoms with Crippen LogP contribution in [-0.2, 0) is 37.7 Å². The molecule has 0 saturated heterocycles. The van der Waals surface area contributed by atoms with Crippen LogP contribution in [0.4, 0.5) is 0 Å². The van der Waals surface area contributed by atoms with Crippen LogP contribution in [0.3, 0.4) is 0 Å². The predicted octanol–water partition coefficient (Wildman–Crippen LogP) is 8.27. The molecule has 2 N–H and O–H groups in total. The first-order chi connectivity index (χ1) is 19.2. The van der Waals surface area contributed by atoms with Gasteiger partial charge in [0.15, 0.2) is 0 Å². The first kappa shape index (κ1) is 31.2. The van der Waals surface area contributed by atoms with Gasteiger partial charge in [-0.15, -0.1) is 0 Å². The van der Waals surface area contributed by atoms with Gasteiger partial charge < -0.3 is 0 Å². The zero-order valence-electron chi connectivity index (χ0n) is 25.6. The monoisotopic (exact) mass is 588 g/mol. The van der Waals surface area contributed by atoms with Gasteiger partial charge in [0.2, 0.25) is 0 Å². The van der Waals surface area contributed by atoms with E-state index in [2.05, 4.69) is 108 Å². The molecule has 0 fully saturated rings. The van der Waals surface area contributed by atoms with Crippen molar-refractivity contribution in [1.82, 2.24) is 0 Å². The van der Waals surface area contributed by atoms with Gasteiger partial charge in [-0.2, -0.15) is 0 Å². The van der Waals surface area contributed by atoms with Crippen molar-refractivity contribution >= 4 is 0 Å². The van der Waals surface area contributed by atoms with Crippen molar-refractivity contribution in [2.45, 2.75) is 77.7 Å². The maximum absolute atomic E-state index is 11.0. The Balaban J connectivity index is 2.14. The van der Waals surface area contributed by atoms with E-state index in [4.69, 9.17) is 6.64 Å². The fourth-order valence-corrected chi connectivity index (χ4v) is 7.69. The van der Waals surface area contributed by atoms with Crippen LogP contribution < -0.4 is 3.32 Å². The second-order valence-electron chi connectivity index (χ2n) is 12.7. The molecule has 41 heavy (non-hydrogen) atoms. The van der Waals surface area contributed by atoms with E-state index < -0.39 is 29.0 Å². The summed E-state index contributed by atoms with van der Waals surface area (Å²) < 4.78 is 33.8. The van der Waals surface area contributed by atoms with Crippen molar-refractivity contribution in [3.63, 3.8) is 0 Å². The molecular weight excluding hydrogens is 544 g/mol. The third-order valence-corrected chi connectivity index (χ3v) is 10.2. The molecule has 4 rings (SSSR count). The Morgan fingerprint density at radius 3 is 1.34 bits per heavy atom. The minimum absolute atomic E-state index is 0.367. The van der Waals surface area contributed by atoms with Crippen LogP contribution in [0, 0.1) is 0 Å². The van der Waals surface area contributed by atoms with Crippen molar-refractivity contribution in [2.24, 2.45) is 0 Å². The molecule has 0 unspecified atom stereocenters. The maximum atomic E-state index is 11.0. The summed E-state index contributed by atoms with van der Waals surface area (Å²) in [5.41, 5.74) is 5.24. The second-order valence-corrected chi connectivity index (χ2v) is 15.1. The van der Waals surface area contributed by atoms with Crippen LogP contribution in [0.5, 0.6) is 5.75 Å². The van der Waals surface area contributed by atoms with E-state index in [1.807, 2.05) is 36.4 Å². The molecule has 0 aliphatic carbocycles. The Kier molecular flexibility index (Phi) is 9.04. The Labute approximate surface area is 251 Å².